The number of amides is 3. The molecule has 0 radical (unpaired) electrons. The molecular formula is C26H28N4O4. The van der Waals surface area contributed by atoms with E-state index in [0.29, 0.717) is 29.3 Å². The highest BCUT2D eigenvalue weighted by molar-refractivity contribution is 6.05. The van der Waals surface area contributed by atoms with E-state index in [0.717, 1.165) is 11.4 Å². The van der Waals surface area contributed by atoms with Gasteiger partial charge in [0.1, 0.15) is 5.75 Å². The Morgan fingerprint density at radius 1 is 1.03 bits per heavy atom. The van der Waals surface area contributed by atoms with Gasteiger partial charge in [-0.15, -0.1) is 0 Å². The largest absolute Gasteiger partial charge is 0.492 e. The number of aryl methyl sites for hydroxylation is 2. The lowest BCUT2D eigenvalue weighted by Crippen LogP contribution is -2.28. The van der Waals surface area contributed by atoms with Crippen molar-refractivity contribution in [2.45, 2.75) is 27.2 Å². The smallest absolute Gasteiger partial charge is 0.270 e. The van der Waals surface area contributed by atoms with Gasteiger partial charge in [-0.2, -0.15) is 0 Å². The van der Waals surface area contributed by atoms with Crippen LogP contribution in [0.5, 0.6) is 5.75 Å². The fourth-order valence-corrected chi connectivity index (χ4v) is 4.07. The molecule has 1 aromatic heterocycles. The van der Waals surface area contributed by atoms with Crippen LogP contribution >= 0.6 is 0 Å². The van der Waals surface area contributed by atoms with Crippen molar-refractivity contribution in [1.29, 1.82) is 0 Å². The Balaban J connectivity index is 1.43. The molecule has 1 atom stereocenters. The Morgan fingerprint density at radius 3 is 2.50 bits per heavy atom. The standard InChI is InChI=1S/C26H28N4O4/c1-4-34-23-11-6-5-10-22(23)29-16-20(15-24(29)31)25(32)27-21-9-7-8-19(14-21)26(33)28-30-17(2)12-13-18(30)3/h5-14,20H,4,15-16H2,1-3H3,(H,27,32)(H,28,33)/t20-/m0/s1. The molecule has 2 heterocycles. The number of benzene rings is 2. The van der Waals surface area contributed by atoms with Crippen LogP contribution < -0.4 is 20.4 Å². The molecule has 176 valence electrons. The maximum Gasteiger partial charge on any atom is 0.270 e. The summed E-state index contributed by atoms with van der Waals surface area (Å²) in [6.45, 7) is 6.44. The molecule has 34 heavy (non-hydrogen) atoms. The van der Waals surface area contributed by atoms with Crippen LogP contribution in [0.1, 0.15) is 35.1 Å². The van der Waals surface area contributed by atoms with E-state index >= 15 is 0 Å². The van der Waals surface area contributed by atoms with Crippen LogP contribution in [-0.2, 0) is 9.59 Å². The van der Waals surface area contributed by atoms with Gasteiger partial charge in [0, 0.05) is 35.6 Å². The van der Waals surface area contributed by atoms with E-state index in [9.17, 15) is 14.4 Å². The highest BCUT2D eigenvalue weighted by Gasteiger charge is 2.36. The molecule has 3 aromatic rings. The van der Waals surface area contributed by atoms with Gasteiger partial charge in [0.05, 0.1) is 18.2 Å². The summed E-state index contributed by atoms with van der Waals surface area (Å²) < 4.78 is 7.36. The second-order valence-electron chi connectivity index (χ2n) is 8.27. The first-order chi connectivity index (χ1) is 16.4. The van der Waals surface area contributed by atoms with E-state index in [-0.39, 0.29) is 30.7 Å². The minimum absolute atomic E-state index is 0.110. The lowest BCUT2D eigenvalue weighted by atomic mass is 10.1. The Hall–Kier alpha value is -4.07. The maximum absolute atomic E-state index is 12.9. The first-order valence-corrected chi connectivity index (χ1v) is 11.3. The van der Waals surface area contributed by atoms with Crippen molar-refractivity contribution in [2.75, 3.05) is 28.8 Å². The van der Waals surface area contributed by atoms with Gasteiger partial charge in [-0.1, -0.05) is 18.2 Å². The third-order valence-electron chi connectivity index (χ3n) is 5.83. The first-order valence-electron chi connectivity index (χ1n) is 11.3. The quantitative estimate of drug-likeness (QED) is 0.560. The van der Waals surface area contributed by atoms with Crippen molar-refractivity contribution in [2.24, 2.45) is 5.92 Å². The van der Waals surface area contributed by atoms with Crippen LogP contribution in [0, 0.1) is 19.8 Å². The van der Waals surface area contributed by atoms with Crippen molar-refractivity contribution in [3.05, 3.63) is 77.6 Å². The zero-order valence-corrected chi connectivity index (χ0v) is 19.5. The van der Waals surface area contributed by atoms with E-state index in [1.807, 2.05) is 57.2 Å². The molecule has 0 unspecified atom stereocenters. The number of nitrogens with one attached hydrogen (secondary N) is 2. The highest BCUT2D eigenvalue weighted by atomic mass is 16.5. The van der Waals surface area contributed by atoms with Crippen LogP contribution in [0.4, 0.5) is 11.4 Å². The number of hydrogen-bond acceptors (Lipinski definition) is 4. The number of hydrogen-bond donors (Lipinski definition) is 2. The molecule has 8 heteroatoms. The Morgan fingerprint density at radius 2 is 1.76 bits per heavy atom. The van der Waals surface area contributed by atoms with Crippen LogP contribution in [-0.4, -0.2) is 35.5 Å². The minimum Gasteiger partial charge on any atom is -0.492 e. The summed E-state index contributed by atoms with van der Waals surface area (Å²) in [7, 11) is 0. The maximum atomic E-state index is 12.9. The van der Waals surface area contributed by atoms with E-state index in [4.69, 9.17) is 4.74 Å². The Kier molecular flexibility index (Phi) is 6.67. The molecule has 0 spiro atoms. The molecule has 1 aliphatic rings. The average molecular weight is 461 g/mol. The van der Waals surface area contributed by atoms with E-state index in [1.54, 1.807) is 33.8 Å². The molecule has 8 nitrogen and oxygen atoms in total. The SMILES string of the molecule is CCOc1ccccc1N1C[C@@H](C(=O)Nc2cccc(C(=O)Nn3c(C)ccc3C)c2)CC1=O. The summed E-state index contributed by atoms with van der Waals surface area (Å²) in [5.74, 6) is -0.568. The molecule has 1 aliphatic heterocycles. The number of carbonyl (C=O) groups excluding carboxylic acids is 3. The molecule has 1 fully saturated rings. The van der Waals surface area contributed by atoms with Gasteiger partial charge in [0.2, 0.25) is 11.8 Å². The lowest BCUT2D eigenvalue weighted by molar-refractivity contribution is -0.122. The van der Waals surface area contributed by atoms with Crippen molar-refractivity contribution in [1.82, 2.24) is 4.68 Å². The van der Waals surface area contributed by atoms with Crippen molar-refractivity contribution >= 4 is 29.1 Å². The van der Waals surface area contributed by atoms with Crippen LogP contribution in [0.2, 0.25) is 0 Å². The minimum atomic E-state index is -0.509. The normalized spacial score (nSPS) is 15.3. The Bertz CT molecular complexity index is 1210. The summed E-state index contributed by atoms with van der Waals surface area (Å²) >= 11 is 0. The van der Waals surface area contributed by atoms with E-state index in [1.165, 1.54) is 0 Å². The second-order valence-corrected chi connectivity index (χ2v) is 8.27. The topological polar surface area (TPSA) is 92.7 Å². The summed E-state index contributed by atoms with van der Waals surface area (Å²) in [5, 5.41) is 2.86. The summed E-state index contributed by atoms with van der Waals surface area (Å²) in [5.41, 5.74) is 6.27. The number of ether oxygens (including phenoxy) is 1. The zero-order chi connectivity index (χ0) is 24.2. The van der Waals surface area contributed by atoms with Crippen molar-refractivity contribution < 1.29 is 19.1 Å². The van der Waals surface area contributed by atoms with E-state index < -0.39 is 5.92 Å². The zero-order valence-electron chi connectivity index (χ0n) is 19.5. The molecular weight excluding hydrogens is 432 g/mol. The average Bonchev–Trinajstić information content (AvgIpc) is 3.37. The number of carbonyl (C=O) groups is 3. The van der Waals surface area contributed by atoms with Gasteiger partial charge >= 0.3 is 0 Å². The van der Waals surface area contributed by atoms with Crippen LogP contribution in [0.15, 0.2) is 60.7 Å². The van der Waals surface area contributed by atoms with Gasteiger partial charge in [-0.25, -0.2) is 0 Å². The predicted molar refractivity (Wildman–Crippen MR) is 131 cm³/mol. The number of nitrogens with zero attached hydrogens (tertiary/aromatic N) is 2. The monoisotopic (exact) mass is 460 g/mol. The van der Waals surface area contributed by atoms with Gasteiger partial charge in [0.25, 0.3) is 5.91 Å². The fraction of sp³-hybridized carbons (Fsp3) is 0.269. The second kappa shape index (κ2) is 9.82. The number of aromatic nitrogens is 1. The van der Waals surface area contributed by atoms with Gasteiger partial charge in [0.15, 0.2) is 0 Å². The van der Waals surface area contributed by atoms with Gasteiger partial charge < -0.3 is 15.0 Å². The van der Waals surface area contributed by atoms with Crippen molar-refractivity contribution in [3.8, 4) is 5.75 Å². The first kappa shape index (κ1) is 23.1. The summed E-state index contributed by atoms with van der Waals surface area (Å²) in [6, 6.07) is 17.9. The highest BCUT2D eigenvalue weighted by Crippen LogP contribution is 2.33. The number of rotatable bonds is 7. The van der Waals surface area contributed by atoms with Crippen LogP contribution in [0.3, 0.4) is 0 Å². The predicted octanol–water partition coefficient (Wildman–Crippen LogP) is 3.88. The summed E-state index contributed by atoms with van der Waals surface area (Å²) in [6.07, 6.45) is 0.110. The third kappa shape index (κ3) is 4.80. The Labute approximate surface area is 198 Å². The van der Waals surface area contributed by atoms with Gasteiger partial charge in [-0.05, 0) is 63.2 Å². The molecule has 4 rings (SSSR count). The summed E-state index contributed by atoms with van der Waals surface area (Å²) in [4.78, 5) is 40.0. The van der Waals surface area contributed by atoms with Gasteiger partial charge in [-0.3, -0.25) is 24.5 Å². The third-order valence-corrected chi connectivity index (χ3v) is 5.83. The number of anilines is 2. The lowest BCUT2D eigenvalue weighted by Gasteiger charge is -2.20. The molecule has 2 N–H and O–H groups in total. The molecule has 2 aromatic carbocycles. The molecule has 0 bridgehead atoms. The van der Waals surface area contributed by atoms with Crippen LogP contribution in [0.25, 0.3) is 0 Å². The fourth-order valence-electron chi connectivity index (χ4n) is 4.07. The molecule has 3 amide bonds. The molecule has 0 aliphatic carbocycles. The molecule has 0 saturated carbocycles. The molecule has 1 saturated heterocycles. The van der Waals surface area contributed by atoms with E-state index in [2.05, 4.69) is 10.7 Å². The number of para-hydroxylation sites is 2. The van der Waals surface area contributed by atoms with Crippen molar-refractivity contribution in [3.63, 3.8) is 0 Å².